The van der Waals surface area contributed by atoms with Gasteiger partial charge in [-0.25, -0.2) is 0 Å². The third-order valence-electron chi connectivity index (χ3n) is 1.07. The van der Waals surface area contributed by atoms with Gasteiger partial charge in [-0.3, -0.25) is 0 Å². The van der Waals surface area contributed by atoms with Gasteiger partial charge in [-0.2, -0.15) is 13.7 Å². The zero-order valence-electron chi connectivity index (χ0n) is 6.18. The van der Waals surface area contributed by atoms with E-state index in [2.05, 4.69) is 9.36 Å². The molecule has 0 saturated heterocycles. The van der Waals surface area contributed by atoms with Crippen LogP contribution in [0, 0.1) is 5.26 Å². The summed E-state index contributed by atoms with van der Waals surface area (Å²) in [6.07, 6.45) is 0. The second-order valence-electron chi connectivity index (χ2n) is 3.12. The number of aromatic nitrogens is 2. The summed E-state index contributed by atoms with van der Waals surface area (Å²) in [6.45, 7) is 5.86. The molecular weight excluding hydrogens is 151 g/mol. The molecule has 0 saturated carbocycles. The Bertz CT molecular complexity index is 226. The van der Waals surface area contributed by atoms with E-state index in [1.54, 1.807) is 0 Å². The summed E-state index contributed by atoms with van der Waals surface area (Å²) in [7, 11) is 0. The monoisotopic (exact) mass is 160 g/mol. The fraction of sp³-hybridized carbons (Fsp3) is 0.667. The van der Waals surface area contributed by atoms with Crippen LogP contribution in [-0.4, -0.2) is 9.36 Å². The Morgan fingerprint density at radius 3 is 2.20 bits per heavy atom. The van der Waals surface area contributed by atoms with Crippen molar-refractivity contribution in [2.45, 2.75) is 26.2 Å². The minimum Gasteiger partial charge on any atom is -0.192 e. The summed E-state index contributed by atoms with van der Waals surface area (Å²) in [5, 5.41) is -0.454. The minimum absolute atomic E-state index is 0.138. The molecule has 0 spiro atoms. The highest BCUT2D eigenvalue weighted by Crippen LogP contribution is 2.19. The molecule has 10 heavy (non-hydrogen) atoms. The Kier molecular flexibility index (Phi) is 1.72. The molecule has 0 aliphatic heterocycles. The number of halogens is 1. The molecule has 4 heteroatoms. The lowest BCUT2D eigenvalue weighted by Crippen LogP contribution is -2.13. The molecule has 1 rings (SSSR count). The minimum atomic E-state index is -0.454. The molecule has 0 aliphatic rings. The maximum absolute atomic E-state index is 12.3. The van der Waals surface area contributed by atoms with Crippen molar-refractivity contribution in [1.82, 2.24) is 9.36 Å². The average molecular weight is 160 g/mol. The zero-order chi connectivity index (χ0) is 7.78. The van der Waals surface area contributed by atoms with Crippen molar-refractivity contribution in [2.75, 3.05) is 0 Å². The molecule has 0 unspecified atom stereocenters. The van der Waals surface area contributed by atoms with Gasteiger partial charge in [-0.1, -0.05) is 20.8 Å². The van der Waals surface area contributed by atoms with E-state index in [0.29, 0.717) is 5.82 Å². The van der Waals surface area contributed by atoms with Crippen molar-refractivity contribution >= 4 is 11.5 Å². The van der Waals surface area contributed by atoms with Crippen LogP contribution in [0.4, 0.5) is 4.39 Å². The summed E-state index contributed by atoms with van der Waals surface area (Å²) >= 11 is 0.803. The van der Waals surface area contributed by atoms with E-state index in [-0.39, 0.29) is 5.41 Å². The van der Waals surface area contributed by atoms with Gasteiger partial charge in [0, 0.05) is 16.9 Å². The quantitative estimate of drug-likeness (QED) is 0.580. The fourth-order valence-corrected chi connectivity index (χ4v) is 1.11. The molecule has 1 aromatic heterocycles. The third-order valence-corrected chi connectivity index (χ3v) is 1.58. The Labute approximate surface area is 63.3 Å². The van der Waals surface area contributed by atoms with Crippen LogP contribution in [-0.2, 0) is 5.41 Å². The third kappa shape index (κ3) is 1.50. The standard InChI is InChI=1S/C6H9FN2S/c1-6(2,3)4-8-5(7)10-9-4/h1-3H3. The number of hydrogen-bond donors (Lipinski definition) is 0. The molecule has 0 aliphatic carbocycles. The highest BCUT2D eigenvalue weighted by atomic mass is 32.1. The SMILES string of the molecule is CC(C)(C)c1nsc(F)n1. The summed E-state index contributed by atoms with van der Waals surface area (Å²) in [5.41, 5.74) is -0.138. The summed E-state index contributed by atoms with van der Waals surface area (Å²) in [4.78, 5) is 3.62. The lowest BCUT2D eigenvalue weighted by Gasteiger charge is -2.11. The van der Waals surface area contributed by atoms with E-state index < -0.39 is 5.26 Å². The van der Waals surface area contributed by atoms with Gasteiger partial charge in [0.25, 0.3) is 5.26 Å². The van der Waals surface area contributed by atoms with Gasteiger partial charge in [0.1, 0.15) is 0 Å². The predicted octanol–water partition coefficient (Wildman–Crippen LogP) is 1.97. The van der Waals surface area contributed by atoms with E-state index >= 15 is 0 Å². The van der Waals surface area contributed by atoms with Gasteiger partial charge in [0.05, 0.1) is 0 Å². The Hall–Kier alpha value is -0.510. The first-order valence-electron chi connectivity index (χ1n) is 3.00. The normalized spacial score (nSPS) is 12.0. The lowest BCUT2D eigenvalue weighted by molar-refractivity contribution is 0.532. The van der Waals surface area contributed by atoms with Crippen LogP contribution in [0.1, 0.15) is 26.6 Å². The van der Waals surface area contributed by atoms with Crippen molar-refractivity contribution in [2.24, 2.45) is 0 Å². The van der Waals surface area contributed by atoms with Gasteiger partial charge < -0.3 is 0 Å². The van der Waals surface area contributed by atoms with E-state index in [1.807, 2.05) is 20.8 Å². The summed E-state index contributed by atoms with van der Waals surface area (Å²) < 4.78 is 16.1. The molecule has 0 N–H and O–H groups in total. The summed E-state index contributed by atoms with van der Waals surface area (Å²) in [5.74, 6) is 0.579. The van der Waals surface area contributed by atoms with Crippen LogP contribution in [0.5, 0.6) is 0 Å². The van der Waals surface area contributed by atoms with E-state index in [0.717, 1.165) is 11.5 Å². The van der Waals surface area contributed by atoms with E-state index in [4.69, 9.17) is 0 Å². The first-order valence-corrected chi connectivity index (χ1v) is 3.77. The average Bonchev–Trinajstić information content (AvgIpc) is 2.11. The Balaban J connectivity index is 2.96. The van der Waals surface area contributed by atoms with Crippen LogP contribution in [0.2, 0.25) is 0 Å². The van der Waals surface area contributed by atoms with Crippen LogP contribution in [0.15, 0.2) is 0 Å². The first-order chi connectivity index (χ1) is 4.50. The first kappa shape index (κ1) is 7.60. The lowest BCUT2D eigenvalue weighted by atomic mass is 9.96. The molecule has 0 amide bonds. The molecule has 0 fully saturated rings. The van der Waals surface area contributed by atoms with E-state index in [1.165, 1.54) is 0 Å². The number of hydrogen-bond acceptors (Lipinski definition) is 3. The van der Waals surface area contributed by atoms with Crippen LogP contribution in [0.25, 0.3) is 0 Å². The smallest absolute Gasteiger partial charge is 0.192 e. The van der Waals surface area contributed by atoms with Crippen molar-refractivity contribution in [1.29, 1.82) is 0 Å². The second-order valence-corrected chi connectivity index (χ2v) is 3.82. The molecule has 0 aromatic carbocycles. The van der Waals surface area contributed by atoms with Crippen molar-refractivity contribution in [3.63, 3.8) is 0 Å². The van der Waals surface area contributed by atoms with Crippen molar-refractivity contribution in [3.8, 4) is 0 Å². The molecule has 56 valence electrons. The molecule has 1 aromatic rings. The predicted molar refractivity (Wildman–Crippen MR) is 38.6 cm³/mol. The number of rotatable bonds is 0. The largest absolute Gasteiger partial charge is 0.288 e. The Morgan fingerprint density at radius 2 is 2.00 bits per heavy atom. The van der Waals surface area contributed by atoms with Crippen LogP contribution in [0.3, 0.4) is 0 Å². The topological polar surface area (TPSA) is 25.8 Å². The molecule has 0 radical (unpaired) electrons. The zero-order valence-corrected chi connectivity index (χ0v) is 7.00. The van der Waals surface area contributed by atoms with Crippen LogP contribution < -0.4 is 0 Å². The van der Waals surface area contributed by atoms with Crippen LogP contribution >= 0.6 is 11.5 Å². The second kappa shape index (κ2) is 2.27. The summed E-state index contributed by atoms with van der Waals surface area (Å²) in [6, 6.07) is 0. The maximum Gasteiger partial charge on any atom is 0.288 e. The highest BCUT2D eigenvalue weighted by molar-refractivity contribution is 7.03. The number of nitrogens with zero attached hydrogens (tertiary/aromatic N) is 2. The van der Waals surface area contributed by atoms with Crippen molar-refractivity contribution < 1.29 is 4.39 Å². The molecular formula is C6H9FN2S. The van der Waals surface area contributed by atoms with Gasteiger partial charge >= 0.3 is 0 Å². The highest BCUT2D eigenvalue weighted by Gasteiger charge is 2.19. The molecule has 1 heterocycles. The van der Waals surface area contributed by atoms with Gasteiger partial charge in [0.15, 0.2) is 5.82 Å². The molecule has 0 atom stereocenters. The van der Waals surface area contributed by atoms with E-state index in [9.17, 15) is 4.39 Å². The van der Waals surface area contributed by atoms with Gasteiger partial charge in [-0.15, -0.1) is 0 Å². The van der Waals surface area contributed by atoms with Gasteiger partial charge in [-0.05, 0) is 0 Å². The van der Waals surface area contributed by atoms with Crippen molar-refractivity contribution in [3.05, 3.63) is 11.1 Å². The molecule has 2 nitrogen and oxygen atoms in total. The Morgan fingerprint density at radius 1 is 1.40 bits per heavy atom. The van der Waals surface area contributed by atoms with Gasteiger partial charge in [0.2, 0.25) is 0 Å². The molecule has 0 bridgehead atoms. The maximum atomic E-state index is 12.3. The fourth-order valence-electron chi connectivity index (χ4n) is 0.510.